The molecule has 0 spiro atoms. The molecule has 21 heavy (non-hydrogen) atoms. The minimum atomic E-state index is 0.472. The molecule has 0 saturated carbocycles. The van der Waals surface area contributed by atoms with Crippen molar-refractivity contribution in [3.8, 4) is 0 Å². The van der Waals surface area contributed by atoms with E-state index in [2.05, 4.69) is 73.4 Å². The van der Waals surface area contributed by atoms with Crippen molar-refractivity contribution in [1.82, 2.24) is 10.3 Å². The van der Waals surface area contributed by atoms with Gasteiger partial charge in [0.2, 0.25) is 0 Å². The third kappa shape index (κ3) is 4.57. The van der Waals surface area contributed by atoms with Crippen molar-refractivity contribution in [2.24, 2.45) is 0 Å². The molecule has 0 atom stereocenters. The highest BCUT2D eigenvalue weighted by atomic mass is 15.2. The van der Waals surface area contributed by atoms with Gasteiger partial charge in [-0.3, -0.25) is 0 Å². The predicted octanol–water partition coefficient (Wildman–Crippen LogP) is 3.52. The van der Waals surface area contributed by atoms with E-state index in [1.165, 1.54) is 16.7 Å². The Balaban J connectivity index is 2.13. The molecule has 112 valence electrons. The van der Waals surface area contributed by atoms with Crippen LogP contribution >= 0.6 is 0 Å². The van der Waals surface area contributed by atoms with Gasteiger partial charge in [0.25, 0.3) is 0 Å². The van der Waals surface area contributed by atoms with E-state index in [1.807, 2.05) is 12.3 Å². The Morgan fingerprint density at radius 1 is 1.19 bits per heavy atom. The summed E-state index contributed by atoms with van der Waals surface area (Å²) in [7, 11) is 2.10. The summed E-state index contributed by atoms with van der Waals surface area (Å²) in [5, 5.41) is 3.46. The number of rotatable bonds is 6. The standard InChI is InChI=1S/C18H25N3/c1-14(2)20-12-17-9-6-10-19-18(17)21(4)13-16-8-5-7-15(3)11-16/h5-11,14,20H,12-13H2,1-4H3. The van der Waals surface area contributed by atoms with Gasteiger partial charge < -0.3 is 10.2 Å². The van der Waals surface area contributed by atoms with Gasteiger partial charge in [-0.05, 0) is 18.6 Å². The lowest BCUT2D eigenvalue weighted by molar-refractivity contribution is 0.587. The van der Waals surface area contributed by atoms with Gasteiger partial charge >= 0.3 is 0 Å². The van der Waals surface area contributed by atoms with E-state index < -0.39 is 0 Å². The van der Waals surface area contributed by atoms with E-state index in [0.717, 1.165) is 18.9 Å². The Morgan fingerprint density at radius 2 is 2.00 bits per heavy atom. The molecule has 0 aliphatic carbocycles. The van der Waals surface area contributed by atoms with E-state index in [9.17, 15) is 0 Å². The molecule has 2 aromatic rings. The van der Waals surface area contributed by atoms with Crippen LogP contribution in [0, 0.1) is 6.92 Å². The lowest BCUT2D eigenvalue weighted by Gasteiger charge is -2.22. The lowest BCUT2D eigenvalue weighted by Crippen LogP contribution is -2.25. The van der Waals surface area contributed by atoms with Crippen molar-refractivity contribution in [1.29, 1.82) is 0 Å². The Labute approximate surface area is 128 Å². The van der Waals surface area contributed by atoms with Crippen molar-refractivity contribution in [2.45, 2.75) is 39.9 Å². The monoisotopic (exact) mass is 283 g/mol. The van der Waals surface area contributed by atoms with Crippen LogP contribution in [0.25, 0.3) is 0 Å². The second kappa shape index (κ2) is 7.23. The molecule has 0 fully saturated rings. The smallest absolute Gasteiger partial charge is 0.133 e. The highest BCUT2D eigenvalue weighted by Gasteiger charge is 2.09. The predicted molar refractivity (Wildman–Crippen MR) is 89.5 cm³/mol. The molecule has 1 aromatic heterocycles. The summed E-state index contributed by atoms with van der Waals surface area (Å²) in [5.74, 6) is 1.05. The van der Waals surface area contributed by atoms with Gasteiger partial charge in [-0.25, -0.2) is 4.98 Å². The Kier molecular flexibility index (Phi) is 5.34. The molecule has 0 saturated heterocycles. The molecule has 0 aliphatic heterocycles. The number of hydrogen-bond acceptors (Lipinski definition) is 3. The average molecular weight is 283 g/mol. The fraction of sp³-hybridized carbons (Fsp3) is 0.389. The zero-order valence-electron chi connectivity index (χ0n) is 13.4. The van der Waals surface area contributed by atoms with Crippen LogP contribution in [0.15, 0.2) is 42.6 Å². The number of anilines is 1. The number of aryl methyl sites for hydroxylation is 1. The molecule has 3 heteroatoms. The summed E-state index contributed by atoms with van der Waals surface area (Å²) in [4.78, 5) is 6.78. The van der Waals surface area contributed by atoms with E-state index in [-0.39, 0.29) is 0 Å². The largest absolute Gasteiger partial charge is 0.355 e. The summed E-state index contributed by atoms with van der Waals surface area (Å²) < 4.78 is 0. The summed E-state index contributed by atoms with van der Waals surface area (Å²) in [6.07, 6.45) is 1.86. The highest BCUT2D eigenvalue weighted by Crippen LogP contribution is 2.18. The topological polar surface area (TPSA) is 28.2 Å². The minimum Gasteiger partial charge on any atom is -0.355 e. The van der Waals surface area contributed by atoms with E-state index in [4.69, 9.17) is 0 Å². The fourth-order valence-corrected chi connectivity index (χ4v) is 2.39. The van der Waals surface area contributed by atoms with E-state index >= 15 is 0 Å². The number of benzene rings is 1. The van der Waals surface area contributed by atoms with Gasteiger partial charge in [0.05, 0.1) is 0 Å². The van der Waals surface area contributed by atoms with Crippen molar-refractivity contribution in [3.05, 3.63) is 59.3 Å². The third-order valence-electron chi connectivity index (χ3n) is 3.43. The van der Waals surface area contributed by atoms with Crippen LogP contribution < -0.4 is 10.2 Å². The number of pyridine rings is 1. The molecule has 1 heterocycles. The Hall–Kier alpha value is -1.87. The number of aromatic nitrogens is 1. The van der Waals surface area contributed by atoms with Crippen LogP contribution in [0.1, 0.15) is 30.5 Å². The highest BCUT2D eigenvalue weighted by molar-refractivity contribution is 5.46. The Bertz CT molecular complexity index is 578. The molecule has 0 bridgehead atoms. The van der Waals surface area contributed by atoms with Crippen LogP contribution in [0.3, 0.4) is 0 Å². The fourth-order valence-electron chi connectivity index (χ4n) is 2.39. The van der Waals surface area contributed by atoms with Crippen LogP contribution in [-0.4, -0.2) is 18.1 Å². The summed E-state index contributed by atoms with van der Waals surface area (Å²) in [5.41, 5.74) is 3.84. The van der Waals surface area contributed by atoms with Crippen molar-refractivity contribution in [2.75, 3.05) is 11.9 Å². The zero-order valence-corrected chi connectivity index (χ0v) is 13.4. The maximum atomic E-state index is 4.56. The van der Waals surface area contributed by atoms with Crippen molar-refractivity contribution < 1.29 is 0 Å². The molecular weight excluding hydrogens is 258 g/mol. The SMILES string of the molecule is Cc1cccc(CN(C)c2ncccc2CNC(C)C)c1. The van der Waals surface area contributed by atoms with Gasteiger partial charge in [0.1, 0.15) is 5.82 Å². The number of nitrogens with one attached hydrogen (secondary N) is 1. The minimum absolute atomic E-state index is 0.472. The van der Waals surface area contributed by atoms with Crippen LogP contribution in [0.5, 0.6) is 0 Å². The first-order valence-corrected chi connectivity index (χ1v) is 7.50. The first-order valence-electron chi connectivity index (χ1n) is 7.50. The summed E-state index contributed by atoms with van der Waals surface area (Å²) >= 11 is 0. The van der Waals surface area contributed by atoms with E-state index in [0.29, 0.717) is 6.04 Å². The molecule has 3 nitrogen and oxygen atoms in total. The first-order chi connectivity index (χ1) is 10.1. The van der Waals surface area contributed by atoms with E-state index in [1.54, 1.807) is 0 Å². The maximum absolute atomic E-state index is 4.56. The molecule has 0 aliphatic rings. The average Bonchev–Trinajstić information content (AvgIpc) is 2.45. The molecule has 0 amide bonds. The zero-order chi connectivity index (χ0) is 15.2. The summed E-state index contributed by atoms with van der Waals surface area (Å²) in [6.45, 7) is 8.16. The quantitative estimate of drug-likeness (QED) is 0.879. The molecule has 1 aromatic carbocycles. The van der Waals surface area contributed by atoms with Gasteiger partial charge in [0.15, 0.2) is 0 Å². The molecular formula is C18H25N3. The van der Waals surface area contributed by atoms with Crippen molar-refractivity contribution >= 4 is 5.82 Å². The van der Waals surface area contributed by atoms with Crippen LogP contribution in [-0.2, 0) is 13.1 Å². The Morgan fingerprint density at radius 3 is 2.71 bits per heavy atom. The molecule has 0 radical (unpaired) electrons. The number of hydrogen-bond donors (Lipinski definition) is 1. The normalized spacial score (nSPS) is 10.9. The lowest BCUT2D eigenvalue weighted by atomic mass is 10.1. The van der Waals surface area contributed by atoms with Gasteiger partial charge in [-0.1, -0.05) is 49.7 Å². The van der Waals surface area contributed by atoms with Gasteiger partial charge in [-0.15, -0.1) is 0 Å². The van der Waals surface area contributed by atoms with Crippen LogP contribution in [0.4, 0.5) is 5.82 Å². The number of nitrogens with zero attached hydrogens (tertiary/aromatic N) is 2. The third-order valence-corrected chi connectivity index (χ3v) is 3.43. The molecule has 1 N–H and O–H groups in total. The maximum Gasteiger partial charge on any atom is 0.133 e. The first kappa shape index (κ1) is 15.5. The van der Waals surface area contributed by atoms with Crippen molar-refractivity contribution in [3.63, 3.8) is 0 Å². The van der Waals surface area contributed by atoms with Crippen LogP contribution in [0.2, 0.25) is 0 Å². The van der Waals surface area contributed by atoms with Gasteiger partial charge in [0, 0.05) is 37.9 Å². The second-order valence-electron chi connectivity index (χ2n) is 5.87. The molecule has 0 unspecified atom stereocenters. The second-order valence-corrected chi connectivity index (χ2v) is 5.87. The summed E-state index contributed by atoms with van der Waals surface area (Å²) in [6, 6.07) is 13.2. The van der Waals surface area contributed by atoms with Gasteiger partial charge in [-0.2, -0.15) is 0 Å². The molecule has 2 rings (SSSR count).